The number of likely N-dealkylation sites (N-methyl/N-ethyl adjacent to an activating group) is 1. The number of aromatic nitrogens is 1. The molecule has 0 aliphatic carbocycles. The zero-order valence-electron chi connectivity index (χ0n) is 21.3. The number of aliphatic hydroxyl groups excluding tert-OH is 1. The summed E-state index contributed by atoms with van der Waals surface area (Å²) >= 11 is 6.04. The third kappa shape index (κ3) is 10.1. The van der Waals surface area contributed by atoms with E-state index in [4.69, 9.17) is 26.9 Å². The molecule has 37 heavy (non-hydrogen) atoms. The van der Waals surface area contributed by atoms with E-state index in [9.17, 15) is 19.6 Å². The highest BCUT2D eigenvalue weighted by atomic mass is 35.5. The van der Waals surface area contributed by atoms with E-state index in [1.807, 2.05) is 26.0 Å². The van der Waals surface area contributed by atoms with Gasteiger partial charge < -0.3 is 30.5 Å². The van der Waals surface area contributed by atoms with Gasteiger partial charge in [0.15, 0.2) is 6.10 Å². The summed E-state index contributed by atoms with van der Waals surface area (Å²) < 4.78 is 0. The number of aromatic amines is 1. The molecular weight excluding hydrogens is 500 g/mol. The molecule has 1 atom stereocenters. The number of hydrogen-bond acceptors (Lipinski definition) is 6. The van der Waals surface area contributed by atoms with Crippen LogP contribution in [-0.4, -0.2) is 75.3 Å². The summed E-state index contributed by atoms with van der Waals surface area (Å²) in [5.74, 6) is -2.94. The summed E-state index contributed by atoms with van der Waals surface area (Å²) in [7, 11) is 0. The van der Waals surface area contributed by atoms with Crippen LogP contribution in [0, 0.1) is 25.2 Å². The van der Waals surface area contributed by atoms with Crippen molar-refractivity contribution in [3.63, 3.8) is 0 Å². The van der Waals surface area contributed by atoms with Crippen LogP contribution in [0.2, 0.25) is 5.02 Å². The molecule has 1 heterocycles. The van der Waals surface area contributed by atoms with Crippen molar-refractivity contribution in [2.24, 2.45) is 0 Å². The summed E-state index contributed by atoms with van der Waals surface area (Å²) in [6, 6.07) is 9.39. The maximum absolute atomic E-state index is 12.7. The zero-order valence-corrected chi connectivity index (χ0v) is 22.1. The van der Waals surface area contributed by atoms with Crippen molar-refractivity contribution in [3.05, 3.63) is 57.4 Å². The first-order valence-corrected chi connectivity index (χ1v) is 12.0. The number of carbonyl (C=O) groups excluding carboxylic acids is 1. The fourth-order valence-electron chi connectivity index (χ4n) is 3.45. The Morgan fingerprint density at radius 1 is 1.22 bits per heavy atom. The van der Waals surface area contributed by atoms with E-state index in [-0.39, 0.29) is 5.91 Å². The quantitative estimate of drug-likeness (QED) is 0.275. The maximum atomic E-state index is 12.7. The van der Waals surface area contributed by atoms with E-state index >= 15 is 0 Å². The van der Waals surface area contributed by atoms with Gasteiger partial charge in [0.25, 0.3) is 5.91 Å². The first-order chi connectivity index (χ1) is 17.4. The molecule has 1 aromatic carbocycles. The Morgan fingerprint density at radius 3 is 2.35 bits per heavy atom. The minimum absolute atomic E-state index is 0.0979. The minimum atomic E-state index is -1.79. The van der Waals surface area contributed by atoms with Crippen LogP contribution in [0.4, 0.5) is 0 Å². The van der Waals surface area contributed by atoms with Crippen LogP contribution >= 0.6 is 11.6 Å². The lowest BCUT2D eigenvalue weighted by Crippen LogP contribution is -2.35. The smallest absolute Gasteiger partial charge is 0.333 e. The van der Waals surface area contributed by atoms with Gasteiger partial charge in [0.05, 0.1) is 23.6 Å². The minimum Gasteiger partial charge on any atom is -0.481 e. The summed E-state index contributed by atoms with van der Waals surface area (Å²) in [5, 5.41) is 37.3. The van der Waals surface area contributed by atoms with Crippen LogP contribution in [0.1, 0.15) is 53.1 Å². The second-order valence-electron chi connectivity index (χ2n) is 8.08. The van der Waals surface area contributed by atoms with Gasteiger partial charge in [0.2, 0.25) is 0 Å². The number of carboxylic acids is 2. The Balaban J connectivity index is 0.000000649. The first-order valence-electron chi connectivity index (χ1n) is 11.6. The highest BCUT2D eigenvalue weighted by Gasteiger charge is 2.18. The number of hydrogen-bond donors (Lipinski definition) is 5. The average molecular weight is 533 g/mol. The Morgan fingerprint density at radius 2 is 1.86 bits per heavy atom. The van der Waals surface area contributed by atoms with Gasteiger partial charge >= 0.3 is 11.9 Å². The van der Waals surface area contributed by atoms with Gasteiger partial charge in [-0.1, -0.05) is 37.6 Å². The molecule has 1 amide bonds. The lowest BCUT2D eigenvalue weighted by molar-refractivity contribution is -0.152. The second kappa shape index (κ2) is 15.5. The zero-order chi connectivity index (χ0) is 28.1. The summed E-state index contributed by atoms with van der Waals surface area (Å²) in [5.41, 5.74) is 4.23. The molecule has 5 N–H and O–H groups in total. The SMILES string of the molecule is CCN(CC)CCNC(=O)c1c(C)[nH]c(/C=C(\C#N)c2cccc(Cl)c2)c1C.O=C(O)C[C@H](O)C(=O)O. The molecule has 1 aromatic heterocycles. The van der Waals surface area contributed by atoms with Crippen molar-refractivity contribution in [1.29, 1.82) is 5.26 Å². The molecule has 2 rings (SSSR count). The Kier molecular flexibility index (Phi) is 13.1. The third-order valence-electron chi connectivity index (χ3n) is 5.51. The van der Waals surface area contributed by atoms with Gasteiger partial charge in [0.1, 0.15) is 0 Å². The fraction of sp³-hybridized carbons (Fsp3) is 0.385. The average Bonchev–Trinajstić information content (AvgIpc) is 3.12. The molecular formula is C26H33ClN4O6. The normalized spacial score (nSPS) is 11.8. The highest BCUT2D eigenvalue weighted by molar-refractivity contribution is 6.30. The molecule has 0 unspecified atom stereocenters. The predicted molar refractivity (Wildman–Crippen MR) is 141 cm³/mol. The molecule has 10 nitrogen and oxygen atoms in total. The van der Waals surface area contributed by atoms with Gasteiger partial charge in [-0.25, -0.2) is 4.79 Å². The van der Waals surface area contributed by atoms with E-state index in [0.717, 1.165) is 42.1 Å². The van der Waals surface area contributed by atoms with Crippen molar-refractivity contribution in [2.45, 2.75) is 40.2 Å². The largest absolute Gasteiger partial charge is 0.481 e. The van der Waals surface area contributed by atoms with Gasteiger partial charge in [-0.05, 0) is 56.3 Å². The van der Waals surface area contributed by atoms with Gasteiger partial charge in [-0.2, -0.15) is 5.26 Å². The number of carbonyl (C=O) groups is 3. The Hall–Kier alpha value is -3.65. The van der Waals surface area contributed by atoms with Crippen molar-refractivity contribution in [3.8, 4) is 6.07 Å². The predicted octanol–water partition coefficient (Wildman–Crippen LogP) is 3.33. The molecule has 0 aliphatic heterocycles. The molecule has 11 heteroatoms. The van der Waals surface area contributed by atoms with Gasteiger partial charge in [-0.15, -0.1) is 0 Å². The number of aliphatic carboxylic acids is 2. The van der Waals surface area contributed by atoms with E-state index in [1.165, 1.54) is 0 Å². The first kappa shape index (κ1) is 31.4. The van der Waals surface area contributed by atoms with E-state index in [1.54, 1.807) is 18.2 Å². The van der Waals surface area contributed by atoms with Crippen LogP contribution in [0.15, 0.2) is 24.3 Å². The monoisotopic (exact) mass is 532 g/mol. The number of carboxylic acid groups (broad SMARTS) is 2. The lowest BCUT2D eigenvalue weighted by atomic mass is 10.0. The topological polar surface area (TPSA) is 167 Å². The van der Waals surface area contributed by atoms with Crippen molar-refractivity contribution >= 4 is 41.1 Å². The fourth-order valence-corrected chi connectivity index (χ4v) is 3.64. The molecule has 0 spiro atoms. The van der Waals surface area contributed by atoms with Crippen LogP contribution in [0.5, 0.6) is 0 Å². The van der Waals surface area contributed by atoms with E-state index < -0.39 is 24.5 Å². The number of benzene rings is 1. The third-order valence-corrected chi connectivity index (χ3v) is 5.74. The van der Waals surface area contributed by atoms with E-state index in [0.29, 0.717) is 22.7 Å². The van der Waals surface area contributed by atoms with Gasteiger partial charge in [0, 0.05) is 29.5 Å². The van der Waals surface area contributed by atoms with Crippen molar-refractivity contribution in [1.82, 2.24) is 15.2 Å². The number of rotatable bonds is 11. The molecule has 0 fully saturated rings. The molecule has 0 aliphatic rings. The lowest BCUT2D eigenvalue weighted by Gasteiger charge is -2.18. The molecule has 2 aromatic rings. The van der Waals surface area contributed by atoms with Crippen LogP contribution < -0.4 is 5.32 Å². The van der Waals surface area contributed by atoms with Gasteiger partial charge in [-0.3, -0.25) is 9.59 Å². The summed E-state index contributed by atoms with van der Waals surface area (Å²) in [4.78, 5) is 37.6. The number of nitrogens with one attached hydrogen (secondary N) is 2. The van der Waals surface area contributed by atoms with Crippen LogP contribution in [0.25, 0.3) is 11.6 Å². The standard InChI is InChI=1S/C22H27ClN4O.C4H6O5/c1-5-27(6-2)11-10-25-22(28)21-15(3)20(26-16(21)4)13-18(14-24)17-8-7-9-19(23)12-17;5-2(4(8)9)1-3(6)7/h7-9,12-13,26H,5-6,10-11H2,1-4H3,(H,25,28);2,5H,1H2,(H,6,7)(H,8,9)/b18-13+;/t;2-/m.0/s1. The number of nitriles is 1. The Labute approximate surface area is 221 Å². The number of allylic oxidation sites excluding steroid dienone is 1. The second-order valence-corrected chi connectivity index (χ2v) is 8.51. The molecule has 0 bridgehead atoms. The van der Waals surface area contributed by atoms with Crippen molar-refractivity contribution < 1.29 is 29.7 Å². The molecule has 200 valence electrons. The Bertz CT molecular complexity index is 1160. The van der Waals surface area contributed by atoms with Crippen LogP contribution in [-0.2, 0) is 9.59 Å². The number of nitrogens with zero attached hydrogens (tertiary/aromatic N) is 2. The molecule has 0 saturated heterocycles. The summed E-state index contributed by atoms with van der Waals surface area (Å²) in [6.45, 7) is 11.3. The molecule has 0 saturated carbocycles. The maximum Gasteiger partial charge on any atom is 0.333 e. The van der Waals surface area contributed by atoms with Crippen LogP contribution in [0.3, 0.4) is 0 Å². The number of aliphatic hydroxyl groups is 1. The molecule has 0 radical (unpaired) electrons. The number of halogens is 1. The highest BCUT2D eigenvalue weighted by Crippen LogP contribution is 2.24. The van der Waals surface area contributed by atoms with Crippen molar-refractivity contribution in [2.75, 3.05) is 26.2 Å². The number of amides is 1. The number of aryl methyl sites for hydroxylation is 1. The number of H-pyrrole nitrogens is 1. The van der Waals surface area contributed by atoms with E-state index in [2.05, 4.69) is 35.1 Å². The summed E-state index contributed by atoms with van der Waals surface area (Å²) in [6.07, 6.45) is -0.779.